The summed E-state index contributed by atoms with van der Waals surface area (Å²) in [4.78, 5) is 0. The Labute approximate surface area is 117 Å². The Morgan fingerprint density at radius 1 is 1.05 bits per heavy atom. The van der Waals surface area contributed by atoms with E-state index < -0.39 is 0 Å². The molecule has 0 aliphatic heterocycles. The Kier molecular flexibility index (Phi) is 4.22. The van der Waals surface area contributed by atoms with Crippen LogP contribution in [0.15, 0.2) is 30.3 Å². The van der Waals surface area contributed by atoms with E-state index >= 15 is 0 Å². The van der Waals surface area contributed by atoms with E-state index in [0.717, 1.165) is 30.2 Å². The molecule has 2 fully saturated rings. The largest absolute Gasteiger partial charge is 0.317 e. The van der Waals surface area contributed by atoms with Crippen molar-refractivity contribution in [1.82, 2.24) is 5.32 Å². The molecule has 2 saturated carbocycles. The first-order chi connectivity index (χ1) is 9.40. The summed E-state index contributed by atoms with van der Waals surface area (Å²) < 4.78 is 0. The van der Waals surface area contributed by atoms with Crippen LogP contribution in [-0.4, -0.2) is 13.1 Å². The quantitative estimate of drug-likeness (QED) is 0.833. The summed E-state index contributed by atoms with van der Waals surface area (Å²) in [5.74, 6) is 3.77. The third-order valence-electron chi connectivity index (χ3n) is 5.24. The summed E-state index contributed by atoms with van der Waals surface area (Å²) >= 11 is 0. The molecular formula is C18H27N. The van der Waals surface area contributed by atoms with Gasteiger partial charge in [0, 0.05) is 0 Å². The van der Waals surface area contributed by atoms with E-state index in [9.17, 15) is 0 Å². The van der Waals surface area contributed by atoms with Crippen molar-refractivity contribution in [3.05, 3.63) is 35.9 Å². The molecule has 0 saturated heterocycles. The molecule has 2 aliphatic carbocycles. The van der Waals surface area contributed by atoms with E-state index in [1.54, 1.807) is 5.56 Å². The Bertz CT molecular complexity index is 386. The molecule has 104 valence electrons. The second kappa shape index (κ2) is 6.09. The van der Waals surface area contributed by atoms with Crippen LogP contribution >= 0.6 is 0 Å². The van der Waals surface area contributed by atoms with Crippen molar-refractivity contribution in [2.45, 2.75) is 44.9 Å². The van der Waals surface area contributed by atoms with E-state index in [1.807, 2.05) is 0 Å². The molecule has 0 amide bonds. The molecule has 0 aromatic heterocycles. The minimum absolute atomic E-state index is 0.869. The second-order valence-corrected chi connectivity index (χ2v) is 6.43. The molecule has 1 aromatic rings. The van der Waals surface area contributed by atoms with Crippen molar-refractivity contribution in [2.75, 3.05) is 13.1 Å². The second-order valence-electron chi connectivity index (χ2n) is 6.43. The number of hydrogen-bond acceptors (Lipinski definition) is 1. The summed E-state index contributed by atoms with van der Waals surface area (Å²) in [5, 5.41) is 3.59. The first-order valence-electron chi connectivity index (χ1n) is 8.15. The van der Waals surface area contributed by atoms with Gasteiger partial charge in [-0.1, -0.05) is 50.1 Å². The lowest BCUT2D eigenvalue weighted by atomic mass is 9.75. The van der Waals surface area contributed by atoms with E-state index in [4.69, 9.17) is 0 Å². The predicted octanol–water partition coefficient (Wildman–Crippen LogP) is 4.21. The first kappa shape index (κ1) is 13.2. The van der Waals surface area contributed by atoms with Gasteiger partial charge < -0.3 is 5.32 Å². The van der Waals surface area contributed by atoms with Crippen molar-refractivity contribution in [1.29, 1.82) is 0 Å². The smallest absolute Gasteiger partial charge is 0.00179 e. The van der Waals surface area contributed by atoms with Crippen molar-refractivity contribution >= 4 is 0 Å². The Morgan fingerprint density at radius 2 is 1.84 bits per heavy atom. The van der Waals surface area contributed by atoms with Crippen LogP contribution in [0.4, 0.5) is 0 Å². The standard InChI is InChI=1S/C18H27N/c1-2-19-13-15-10-6-7-11-16(15)18-12-17(18)14-8-4-3-5-9-14/h3-5,8-9,15-19H,2,6-7,10-13H2,1H3. The fraction of sp³-hybridized carbons (Fsp3) is 0.667. The van der Waals surface area contributed by atoms with Crippen molar-refractivity contribution in [2.24, 2.45) is 17.8 Å². The van der Waals surface area contributed by atoms with Crippen molar-refractivity contribution in [3.8, 4) is 0 Å². The molecule has 0 bridgehead atoms. The minimum Gasteiger partial charge on any atom is -0.317 e. The third kappa shape index (κ3) is 3.02. The summed E-state index contributed by atoms with van der Waals surface area (Å²) in [6.07, 6.45) is 7.29. The highest BCUT2D eigenvalue weighted by Crippen LogP contribution is 2.56. The van der Waals surface area contributed by atoms with Crippen LogP contribution in [0.1, 0.15) is 50.5 Å². The monoisotopic (exact) mass is 257 g/mol. The van der Waals surface area contributed by atoms with Crippen LogP contribution < -0.4 is 5.32 Å². The predicted molar refractivity (Wildman–Crippen MR) is 81.3 cm³/mol. The van der Waals surface area contributed by atoms with Crippen molar-refractivity contribution < 1.29 is 0 Å². The Hall–Kier alpha value is -0.820. The lowest BCUT2D eigenvalue weighted by Crippen LogP contribution is -2.31. The number of benzene rings is 1. The van der Waals surface area contributed by atoms with Gasteiger partial charge in [-0.15, -0.1) is 0 Å². The normalized spacial score (nSPS) is 34.2. The topological polar surface area (TPSA) is 12.0 Å². The number of nitrogens with one attached hydrogen (secondary N) is 1. The molecule has 0 spiro atoms. The van der Waals surface area contributed by atoms with Crippen LogP contribution in [0.2, 0.25) is 0 Å². The molecule has 1 heteroatoms. The molecule has 3 rings (SSSR count). The van der Waals surface area contributed by atoms with Crippen LogP contribution in [0.5, 0.6) is 0 Å². The zero-order valence-electron chi connectivity index (χ0n) is 12.1. The Balaban J connectivity index is 1.62. The fourth-order valence-corrected chi connectivity index (χ4v) is 4.15. The van der Waals surface area contributed by atoms with Gasteiger partial charge in [-0.3, -0.25) is 0 Å². The highest BCUT2D eigenvalue weighted by molar-refractivity contribution is 5.26. The van der Waals surface area contributed by atoms with Crippen LogP contribution in [0.3, 0.4) is 0 Å². The minimum atomic E-state index is 0.869. The summed E-state index contributed by atoms with van der Waals surface area (Å²) in [6.45, 7) is 4.59. The highest BCUT2D eigenvalue weighted by atomic mass is 14.8. The van der Waals surface area contributed by atoms with E-state index in [-0.39, 0.29) is 0 Å². The average Bonchev–Trinajstić information content (AvgIpc) is 3.27. The molecule has 1 nitrogen and oxygen atoms in total. The van der Waals surface area contributed by atoms with E-state index in [1.165, 1.54) is 38.6 Å². The van der Waals surface area contributed by atoms with Gasteiger partial charge in [-0.25, -0.2) is 0 Å². The maximum absolute atomic E-state index is 3.59. The van der Waals surface area contributed by atoms with Crippen LogP contribution in [-0.2, 0) is 0 Å². The maximum atomic E-state index is 3.59. The molecule has 0 heterocycles. The van der Waals surface area contributed by atoms with Gasteiger partial charge >= 0.3 is 0 Å². The molecule has 1 N–H and O–H groups in total. The van der Waals surface area contributed by atoms with Crippen LogP contribution in [0.25, 0.3) is 0 Å². The summed E-state index contributed by atoms with van der Waals surface area (Å²) in [5.41, 5.74) is 1.58. The fourth-order valence-electron chi connectivity index (χ4n) is 4.15. The van der Waals surface area contributed by atoms with Gasteiger partial charge in [0.15, 0.2) is 0 Å². The van der Waals surface area contributed by atoms with Gasteiger partial charge in [-0.2, -0.15) is 0 Å². The lowest BCUT2D eigenvalue weighted by Gasteiger charge is -2.32. The van der Waals surface area contributed by atoms with E-state index in [0.29, 0.717) is 0 Å². The summed E-state index contributed by atoms with van der Waals surface area (Å²) in [7, 11) is 0. The van der Waals surface area contributed by atoms with Crippen LogP contribution in [0, 0.1) is 17.8 Å². The van der Waals surface area contributed by atoms with Crippen molar-refractivity contribution in [3.63, 3.8) is 0 Å². The van der Waals surface area contributed by atoms with Gasteiger partial charge in [0.2, 0.25) is 0 Å². The SMILES string of the molecule is CCNCC1CCCCC1C1CC1c1ccccc1. The maximum Gasteiger partial charge on any atom is -0.00179 e. The Morgan fingerprint density at radius 3 is 2.63 bits per heavy atom. The van der Waals surface area contributed by atoms with Gasteiger partial charge in [0.1, 0.15) is 0 Å². The summed E-state index contributed by atoms with van der Waals surface area (Å²) in [6, 6.07) is 11.2. The molecule has 19 heavy (non-hydrogen) atoms. The average molecular weight is 257 g/mol. The molecule has 2 aliphatic rings. The lowest BCUT2D eigenvalue weighted by molar-refractivity contribution is 0.203. The number of hydrogen-bond donors (Lipinski definition) is 1. The number of rotatable bonds is 5. The highest BCUT2D eigenvalue weighted by Gasteiger charge is 2.46. The molecular weight excluding hydrogens is 230 g/mol. The molecule has 0 radical (unpaired) electrons. The van der Waals surface area contributed by atoms with Gasteiger partial charge in [0.05, 0.1) is 0 Å². The zero-order chi connectivity index (χ0) is 13.1. The van der Waals surface area contributed by atoms with Gasteiger partial charge in [0.25, 0.3) is 0 Å². The molecule has 4 atom stereocenters. The molecule has 1 aromatic carbocycles. The zero-order valence-corrected chi connectivity index (χ0v) is 12.1. The van der Waals surface area contributed by atoms with E-state index in [2.05, 4.69) is 42.6 Å². The first-order valence-corrected chi connectivity index (χ1v) is 8.15. The molecule has 4 unspecified atom stereocenters. The third-order valence-corrected chi connectivity index (χ3v) is 5.24. The van der Waals surface area contributed by atoms with Gasteiger partial charge in [-0.05, 0) is 61.6 Å².